The molecule has 0 bridgehead atoms. The summed E-state index contributed by atoms with van der Waals surface area (Å²) in [6, 6.07) is 12.9. The molecular formula is C11H7N7. The number of fused-ring (bicyclic) bond motifs is 1. The van der Waals surface area contributed by atoms with Crippen LogP contribution in [0.5, 0.6) is 0 Å². The SMILES string of the molecule is [N-]=[N+]=Nc1ccc2nnc(-c3ccccc3)n2n1. The van der Waals surface area contributed by atoms with E-state index in [1.165, 1.54) is 0 Å². The summed E-state index contributed by atoms with van der Waals surface area (Å²) in [6.45, 7) is 0. The van der Waals surface area contributed by atoms with E-state index in [0.29, 0.717) is 11.5 Å². The van der Waals surface area contributed by atoms with Crippen LogP contribution in [0.1, 0.15) is 0 Å². The number of benzene rings is 1. The summed E-state index contributed by atoms with van der Waals surface area (Å²) in [6.07, 6.45) is 0. The Hall–Kier alpha value is -2.92. The summed E-state index contributed by atoms with van der Waals surface area (Å²) in [5.74, 6) is 0.891. The Kier molecular flexibility index (Phi) is 2.37. The van der Waals surface area contributed by atoms with Crippen LogP contribution in [-0.2, 0) is 0 Å². The van der Waals surface area contributed by atoms with E-state index in [9.17, 15) is 0 Å². The van der Waals surface area contributed by atoms with Crippen molar-refractivity contribution in [3.05, 3.63) is 52.9 Å². The minimum atomic E-state index is 0.280. The molecule has 0 spiro atoms. The zero-order valence-electron chi connectivity index (χ0n) is 9.17. The predicted molar refractivity (Wildman–Crippen MR) is 65.0 cm³/mol. The first kappa shape index (κ1) is 10.2. The van der Waals surface area contributed by atoms with E-state index < -0.39 is 0 Å². The molecule has 18 heavy (non-hydrogen) atoms. The highest BCUT2D eigenvalue weighted by Crippen LogP contribution is 2.18. The fourth-order valence-corrected chi connectivity index (χ4v) is 1.65. The van der Waals surface area contributed by atoms with Crippen molar-refractivity contribution in [2.75, 3.05) is 0 Å². The second-order valence-electron chi connectivity index (χ2n) is 3.54. The number of azide groups is 1. The standard InChI is InChI=1S/C11H7N7/c12-17-13-9-6-7-10-14-15-11(18(10)16-9)8-4-2-1-3-5-8/h1-7H. The van der Waals surface area contributed by atoms with Gasteiger partial charge >= 0.3 is 0 Å². The van der Waals surface area contributed by atoms with Crippen molar-refractivity contribution in [2.24, 2.45) is 5.11 Å². The van der Waals surface area contributed by atoms with E-state index in [4.69, 9.17) is 5.53 Å². The fraction of sp³-hybridized carbons (Fsp3) is 0. The van der Waals surface area contributed by atoms with Gasteiger partial charge in [-0.15, -0.1) is 10.2 Å². The summed E-state index contributed by atoms with van der Waals surface area (Å²) in [7, 11) is 0. The van der Waals surface area contributed by atoms with Gasteiger partial charge in [0.25, 0.3) is 0 Å². The zero-order chi connectivity index (χ0) is 12.4. The molecule has 0 aliphatic carbocycles. The minimum Gasteiger partial charge on any atom is -0.192 e. The first-order valence-corrected chi connectivity index (χ1v) is 5.21. The van der Waals surface area contributed by atoms with Crippen LogP contribution < -0.4 is 0 Å². The van der Waals surface area contributed by atoms with Gasteiger partial charge in [-0.2, -0.15) is 9.61 Å². The Morgan fingerprint density at radius 2 is 1.89 bits per heavy atom. The maximum atomic E-state index is 8.41. The van der Waals surface area contributed by atoms with Crippen molar-refractivity contribution >= 4 is 11.5 Å². The van der Waals surface area contributed by atoms with E-state index in [-0.39, 0.29) is 5.82 Å². The van der Waals surface area contributed by atoms with Crippen LogP contribution in [0.3, 0.4) is 0 Å². The van der Waals surface area contributed by atoms with Crippen LogP contribution >= 0.6 is 0 Å². The van der Waals surface area contributed by atoms with Gasteiger partial charge in [0.05, 0.1) is 0 Å². The van der Waals surface area contributed by atoms with Gasteiger partial charge < -0.3 is 0 Å². The van der Waals surface area contributed by atoms with Gasteiger partial charge in [-0.1, -0.05) is 30.3 Å². The largest absolute Gasteiger partial charge is 0.192 e. The lowest BCUT2D eigenvalue weighted by atomic mass is 10.2. The lowest BCUT2D eigenvalue weighted by molar-refractivity contribution is 0.932. The number of rotatable bonds is 2. The minimum absolute atomic E-state index is 0.280. The zero-order valence-corrected chi connectivity index (χ0v) is 9.17. The third kappa shape index (κ3) is 1.64. The van der Waals surface area contributed by atoms with E-state index >= 15 is 0 Å². The lowest BCUT2D eigenvalue weighted by Gasteiger charge is -1.99. The maximum Gasteiger partial charge on any atom is 0.185 e. The first-order valence-electron chi connectivity index (χ1n) is 5.21. The van der Waals surface area contributed by atoms with Gasteiger partial charge in [0, 0.05) is 10.5 Å². The highest BCUT2D eigenvalue weighted by molar-refractivity contribution is 5.58. The van der Waals surface area contributed by atoms with E-state index in [1.807, 2.05) is 30.3 Å². The maximum absolute atomic E-state index is 8.41. The van der Waals surface area contributed by atoms with Crippen LogP contribution in [0.15, 0.2) is 47.6 Å². The van der Waals surface area contributed by atoms with Crippen LogP contribution in [0.4, 0.5) is 5.82 Å². The molecule has 0 aliphatic heterocycles. The summed E-state index contributed by atoms with van der Waals surface area (Å²) < 4.78 is 1.55. The molecule has 3 aromatic rings. The second kappa shape index (κ2) is 4.15. The Balaban J connectivity index is 2.24. The summed E-state index contributed by atoms with van der Waals surface area (Å²) >= 11 is 0. The van der Waals surface area contributed by atoms with Crippen molar-refractivity contribution in [3.63, 3.8) is 0 Å². The molecule has 0 saturated carbocycles. The number of nitrogens with zero attached hydrogens (tertiary/aromatic N) is 7. The fourth-order valence-electron chi connectivity index (χ4n) is 1.65. The third-order valence-electron chi connectivity index (χ3n) is 2.43. The molecular weight excluding hydrogens is 230 g/mol. The van der Waals surface area contributed by atoms with Crippen LogP contribution in [0, 0.1) is 0 Å². The molecule has 1 aromatic carbocycles. The first-order chi connectivity index (χ1) is 8.88. The molecule has 0 radical (unpaired) electrons. The van der Waals surface area contributed by atoms with Crippen LogP contribution in [-0.4, -0.2) is 19.8 Å². The van der Waals surface area contributed by atoms with E-state index in [0.717, 1.165) is 5.56 Å². The summed E-state index contributed by atoms with van der Waals surface area (Å²) in [5.41, 5.74) is 9.91. The Bertz CT molecular complexity index is 740. The van der Waals surface area contributed by atoms with Crippen LogP contribution in [0.2, 0.25) is 0 Å². The molecule has 86 valence electrons. The molecule has 2 heterocycles. The Morgan fingerprint density at radius 1 is 1.06 bits per heavy atom. The molecule has 7 heteroatoms. The second-order valence-corrected chi connectivity index (χ2v) is 3.54. The molecule has 0 saturated heterocycles. The van der Waals surface area contributed by atoms with Crippen molar-refractivity contribution in [1.29, 1.82) is 0 Å². The third-order valence-corrected chi connectivity index (χ3v) is 2.43. The normalized spacial score (nSPS) is 10.2. The summed E-state index contributed by atoms with van der Waals surface area (Å²) in [5, 5.41) is 15.7. The van der Waals surface area contributed by atoms with Gasteiger partial charge in [0.15, 0.2) is 11.5 Å². The molecule has 0 atom stereocenters. The molecule has 7 nitrogen and oxygen atoms in total. The lowest BCUT2D eigenvalue weighted by Crippen LogP contribution is -1.94. The van der Waals surface area contributed by atoms with Gasteiger partial charge in [0.1, 0.15) is 5.82 Å². The topological polar surface area (TPSA) is 91.8 Å². The summed E-state index contributed by atoms with van der Waals surface area (Å²) in [4.78, 5) is 2.71. The van der Waals surface area contributed by atoms with Crippen LogP contribution in [0.25, 0.3) is 27.5 Å². The van der Waals surface area contributed by atoms with E-state index in [1.54, 1.807) is 16.6 Å². The predicted octanol–water partition coefficient (Wildman–Crippen LogP) is 2.73. The van der Waals surface area contributed by atoms with Gasteiger partial charge in [0.2, 0.25) is 0 Å². The highest BCUT2D eigenvalue weighted by Gasteiger charge is 2.08. The van der Waals surface area contributed by atoms with Crippen molar-refractivity contribution in [1.82, 2.24) is 19.8 Å². The molecule has 3 rings (SSSR count). The quantitative estimate of drug-likeness (QED) is 0.389. The molecule has 0 amide bonds. The monoisotopic (exact) mass is 237 g/mol. The molecule has 2 aromatic heterocycles. The number of aromatic nitrogens is 4. The van der Waals surface area contributed by atoms with Crippen molar-refractivity contribution in [2.45, 2.75) is 0 Å². The Morgan fingerprint density at radius 3 is 2.67 bits per heavy atom. The molecule has 0 N–H and O–H groups in total. The average molecular weight is 237 g/mol. The smallest absolute Gasteiger partial charge is 0.185 e. The van der Waals surface area contributed by atoms with Crippen molar-refractivity contribution in [3.8, 4) is 11.4 Å². The van der Waals surface area contributed by atoms with Gasteiger partial charge in [-0.05, 0) is 22.8 Å². The van der Waals surface area contributed by atoms with Crippen molar-refractivity contribution < 1.29 is 0 Å². The molecule has 0 unspecified atom stereocenters. The van der Waals surface area contributed by atoms with Gasteiger partial charge in [-0.25, -0.2) is 0 Å². The van der Waals surface area contributed by atoms with Gasteiger partial charge in [-0.3, -0.25) is 0 Å². The Labute approximate surface area is 101 Å². The number of hydrogen-bond acceptors (Lipinski definition) is 4. The van der Waals surface area contributed by atoms with E-state index in [2.05, 4.69) is 25.3 Å². The number of hydrogen-bond donors (Lipinski definition) is 0. The average Bonchev–Trinajstić information content (AvgIpc) is 2.83. The molecule has 0 aliphatic rings. The molecule has 0 fully saturated rings. The highest BCUT2D eigenvalue weighted by atomic mass is 15.4.